The Morgan fingerprint density at radius 3 is 2.92 bits per heavy atom. The molecule has 2 aromatic heterocycles. The van der Waals surface area contributed by atoms with Crippen molar-refractivity contribution in [2.75, 3.05) is 0 Å². The fourth-order valence-electron chi connectivity index (χ4n) is 1.11. The molecule has 0 saturated heterocycles. The minimum Gasteiger partial charge on any atom is -0.296 e. The monoisotopic (exact) mass is 158 g/mol. The van der Waals surface area contributed by atoms with Gasteiger partial charge in [0.15, 0.2) is 6.29 Å². The van der Waals surface area contributed by atoms with Gasteiger partial charge in [-0.1, -0.05) is 6.07 Å². The van der Waals surface area contributed by atoms with E-state index >= 15 is 0 Å². The van der Waals surface area contributed by atoms with Crippen LogP contribution in [0.15, 0.2) is 30.6 Å². The highest BCUT2D eigenvalue weighted by atomic mass is 16.1. The number of nitrogens with zero attached hydrogens (tertiary/aromatic N) is 2. The SMILES string of the molecule is O=Cc1nccc2cccnc12. The molecule has 0 aliphatic carbocycles. The van der Waals surface area contributed by atoms with Gasteiger partial charge in [0, 0.05) is 17.8 Å². The van der Waals surface area contributed by atoms with E-state index in [0.29, 0.717) is 11.2 Å². The number of rotatable bonds is 1. The summed E-state index contributed by atoms with van der Waals surface area (Å²) in [5, 5.41) is 0.939. The van der Waals surface area contributed by atoms with Crippen molar-refractivity contribution >= 4 is 17.2 Å². The Morgan fingerprint density at radius 1 is 1.17 bits per heavy atom. The van der Waals surface area contributed by atoms with Crippen molar-refractivity contribution in [3.8, 4) is 0 Å². The molecule has 0 amide bonds. The van der Waals surface area contributed by atoms with E-state index < -0.39 is 0 Å². The molecule has 0 atom stereocenters. The van der Waals surface area contributed by atoms with Crippen molar-refractivity contribution in [1.82, 2.24) is 9.97 Å². The molecule has 0 aliphatic rings. The van der Waals surface area contributed by atoms with Crippen LogP contribution in [-0.4, -0.2) is 16.3 Å². The molecule has 0 aromatic carbocycles. The molecule has 0 fully saturated rings. The van der Waals surface area contributed by atoms with Crippen LogP contribution in [0.25, 0.3) is 10.9 Å². The third-order valence-corrected chi connectivity index (χ3v) is 1.66. The Hall–Kier alpha value is -1.77. The third kappa shape index (κ3) is 0.955. The molecule has 2 rings (SSSR count). The van der Waals surface area contributed by atoms with E-state index in [-0.39, 0.29) is 0 Å². The first-order valence-corrected chi connectivity index (χ1v) is 3.57. The largest absolute Gasteiger partial charge is 0.296 e. The Morgan fingerprint density at radius 2 is 2.08 bits per heavy atom. The molecular weight excluding hydrogens is 152 g/mol. The van der Waals surface area contributed by atoms with E-state index in [1.54, 1.807) is 12.4 Å². The highest BCUT2D eigenvalue weighted by Gasteiger charge is 1.99. The summed E-state index contributed by atoms with van der Waals surface area (Å²) in [6.45, 7) is 0. The second kappa shape index (κ2) is 2.70. The molecule has 3 heteroatoms. The van der Waals surface area contributed by atoms with E-state index in [1.165, 1.54) is 0 Å². The molecule has 0 radical (unpaired) electrons. The van der Waals surface area contributed by atoms with Gasteiger partial charge in [0.25, 0.3) is 0 Å². The van der Waals surface area contributed by atoms with Gasteiger partial charge in [-0.2, -0.15) is 0 Å². The van der Waals surface area contributed by atoms with Crippen LogP contribution in [0.2, 0.25) is 0 Å². The molecule has 2 heterocycles. The number of hydrogen-bond donors (Lipinski definition) is 0. The lowest BCUT2D eigenvalue weighted by atomic mass is 10.2. The summed E-state index contributed by atoms with van der Waals surface area (Å²) in [7, 11) is 0. The number of carbonyl (C=O) groups is 1. The number of hydrogen-bond acceptors (Lipinski definition) is 3. The van der Waals surface area contributed by atoms with Gasteiger partial charge in [-0.25, -0.2) is 0 Å². The molecule has 3 nitrogen and oxygen atoms in total. The Bertz CT molecular complexity index is 420. The van der Waals surface area contributed by atoms with Gasteiger partial charge in [-0.3, -0.25) is 14.8 Å². The molecule has 2 aromatic rings. The van der Waals surface area contributed by atoms with Crippen LogP contribution in [-0.2, 0) is 0 Å². The van der Waals surface area contributed by atoms with Gasteiger partial charge in [0.05, 0.1) is 5.52 Å². The van der Waals surface area contributed by atoms with Crippen molar-refractivity contribution in [3.05, 3.63) is 36.3 Å². The molecular formula is C9H6N2O. The summed E-state index contributed by atoms with van der Waals surface area (Å²) in [5.74, 6) is 0. The highest BCUT2D eigenvalue weighted by molar-refractivity contribution is 5.92. The van der Waals surface area contributed by atoms with Gasteiger partial charge in [0.2, 0.25) is 0 Å². The summed E-state index contributed by atoms with van der Waals surface area (Å²) < 4.78 is 0. The van der Waals surface area contributed by atoms with Crippen LogP contribution in [0.1, 0.15) is 10.5 Å². The predicted octanol–water partition coefficient (Wildman–Crippen LogP) is 1.44. The van der Waals surface area contributed by atoms with Crippen molar-refractivity contribution in [3.63, 3.8) is 0 Å². The molecule has 58 valence electrons. The Labute approximate surface area is 69.1 Å². The maximum absolute atomic E-state index is 10.5. The zero-order chi connectivity index (χ0) is 8.39. The van der Waals surface area contributed by atoms with Gasteiger partial charge in [-0.05, 0) is 12.1 Å². The first-order chi connectivity index (χ1) is 5.92. The number of aromatic nitrogens is 2. The van der Waals surface area contributed by atoms with Gasteiger partial charge in [-0.15, -0.1) is 0 Å². The van der Waals surface area contributed by atoms with Crippen LogP contribution in [0.5, 0.6) is 0 Å². The van der Waals surface area contributed by atoms with Crippen LogP contribution < -0.4 is 0 Å². The molecule has 0 aliphatic heterocycles. The molecule has 0 N–H and O–H groups in total. The summed E-state index contributed by atoms with van der Waals surface area (Å²) >= 11 is 0. The predicted molar refractivity (Wildman–Crippen MR) is 44.9 cm³/mol. The van der Waals surface area contributed by atoms with Crippen LogP contribution in [0.4, 0.5) is 0 Å². The van der Waals surface area contributed by atoms with Crippen molar-refractivity contribution in [1.29, 1.82) is 0 Å². The maximum atomic E-state index is 10.5. The average Bonchev–Trinajstić information content (AvgIpc) is 2.17. The van der Waals surface area contributed by atoms with Gasteiger partial charge in [0.1, 0.15) is 5.69 Å². The Kier molecular flexibility index (Phi) is 1.55. The van der Waals surface area contributed by atoms with Gasteiger partial charge >= 0.3 is 0 Å². The van der Waals surface area contributed by atoms with Crippen LogP contribution in [0, 0.1) is 0 Å². The van der Waals surface area contributed by atoms with Crippen molar-refractivity contribution in [2.24, 2.45) is 0 Å². The van der Waals surface area contributed by atoms with Crippen molar-refractivity contribution < 1.29 is 4.79 Å². The fraction of sp³-hybridized carbons (Fsp3) is 0. The lowest BCUT2D eigenvalue weighted by Crippen LogP contribution is -1.89. The Balaban J connectivity index is 2.88. The van der Waals surface area contributed by atoms with E-state index in [2.05, 4.69) is 9.97 Å². The van der Waals surface area contributed by atoms with Crippen LogP contribution in [0.3, 0.4) is 0 Å². The number of pyridine rings is 2. The van der Waals surface area contributed by atoms with E-state index in [4.69, 9.17) is 0 Å². The summed E-state index contributed by atoms with van der Waals surface area (Å²) in [6, 6.07) is 5.56. The molecule has 0 unspecified atom stereocenters. The number of aldehydes is 1. The molecule has 12 heavy (non-hydrogen) atoms. The normalized spacial score (nSPS) is 10.0. The number of carbonyl (C=O) groups excluding carboxylic acids is 1. The minimum atomic E-state index is 0.396. The topological polar surface area (TPSA) is 42.9 Å². The van der Waals surface area contributed by atoms with Gasteiger partial charge < -0.3 is 0 Å². The minimum absolute atomic E-state index is 0.396. The fourth-order valence-corrected chi connectivity index (χ4v) is 1.11. The summed E-state index contributed by atoms with van der Waals surface area (Å²) in [4.78, 5) is 18.5. The first kappa shape index (κ1) is 6.91. The third-order valence-electron chi connectivity index (χ3n) is 1.66. The zero-order valence-corrected chi connectivity index (χ0v) is 6.27. The quantitative estimate of drug-likeness (QED) is 0.590. The lowest BCUT2D eigenvalue weighted by Gasteiger charge is -1.96. The molecule has 0 bridgehead atoms. The van der Waals surface area contributed by atoms with Crippen molar-refractivity contribution in [2.45, 2.75) is 0 Å². The summed E-state index contributed by atoms with van der Waals surface area (Å²) in [5.41, 5.74) is 1.06. The average molecular weight is 158 g/mol. The second-order valence-electron chi connectivity index (χ2n) is 2.39. The van der Waals surface area contributed by atoms with E-state index in [0.717, 1.165) is 11.7 Å². The standard InChI is InChI=1S/C9H6N2O/c12-6-8-9-7(3-5-10-8)2-1-4-11-9/h1-6H. The highest BCUT2D eigenvalue weighted by Crippen LogP contribution is 2.10. The second-order valence-corrected chi connectivity index (χ2v) is 2.39. The lowest BCUT2D eigenvalue weighted by molar-refractivity contribution is 0.112. The van der Waals surface area contributed by atoms with E-state index in [1.807, 2.05) is 18.2 Å². The smallest absolute Gasteiger partial charge is 0.170 e. The van der Waals surface area contributed by atoms with Crippen LogP contribution >= 0.6 is 0 Å². The molecule has 0 saturated carbocycles. The zero-order valence-electron chi connectivity index (χ0n) is 6.27. The van der Waals surface area contributed by atoms with E-state index in [9.17, 15) is 4.79 Å². The maximum Gasteiger partial charge on any atom is 0.170 e. The molecule has 0 spiro atoms. The first-order valence-electron chi connectivity index (χ1n) is 3.57. The summed E-state index contributed by atoms with van der Waals surface area (Å²) in [6.07, 6.45) is 3.97. The number of fused-ring (bicyclic) bond motifs is 1.